The smallest absolute Gasteiger partial charge is 0.339 e. The number of hydrogen-bond acceptors (Lipinski definition) is 7. The number of fused-ring (bicyclic) bond motifs is 5. The van der Waals surface area contributed by atoms with E-state index >= 15 is 0 Å². The van der Waals surface area contributed by atoms with E-state index in [1.807, 2.05) is 18.2 Å². The average Bonchev–Trinajstić information content (AvgIpc) is 3.30. The van der Waals surface area contributed by atoms with Crippen molar-refractivity contribution in [2.24, 2.45) is 0 Å². The molecule has 1 aliphatic heterocycles. The van der Waals surface area contributed by atoms with Gasteiger partial charge in [-0.25, -0.2) is 4.79 Å². The van der Waals surface area contributed by atoms with Crippen LogP contribution in [0.3, 0.4) is 0 Å². The van der Waals surface area contributed by atoms with E-state index in [9.17, 15) is 4.79 Å². The Labute approximate surface area is 190 Å². The summed E-state index contributed by atoms with van der Waals surface area (Å²) in [4.78, 5) is 14.7. The van der Waals surface area contributed by atoms with Crippen LogP contribution in [-0.2, 0) is 25.9 Å². The number of hydrogen-bond donors (Lipinski definition) is 0. The fourth-order valence-electron chi connectivity index (χ4n) is 4.74. The molecule has 168 valence electrons. The minimum Gasteiger partial charge on any atom is -0.493 e. The second-order valence-electron chi connectivity index (χ2n) is 8.04. The summed E-state index contributed by atoms with van der Waals surface area (Å²) in [6, 6.07) is 5.71. The number of halogens is 1. The third kappa shape index (κ3) is 3.36. The first kappa shape index (κ1) is 21.0. The molecule has 1 aliphatic carbocycles. The van der Waals surface area contributed by atoms with Crippen molar-refractivity contribution in [1.29, 1.82) is 0 Å². The summed E-state index contributed by atoms with van der Waals surface area (Å²) in [6.07, 6.45) is 2.58. The number of aryl methyl sites for hydroxylation is 1. The fraction of sp³-hybridized carbons (Fsp3) is 0.375. The Kier molecular flexibility index (Phi) is 5.39. The third-order valence-corrected chi connectivity index (χ3v) is 6.45. The maximum absolute atomic E-state index is 12.6. The van der Waals surface area contributed by atoms with E-state index < -0.39 is 0 Å². The molecule has 0 saturated heterocycles. The van der Waals surface area contributed by atoms with Crippen molar-refractivity contribution in [2.75, 3.05) is 28.1 Å². The molecule has 0 saturated carbocycles. The molecule has 32 heavy (non-hydrogen) atoms. The van der Waals surface area contributed by atoms with Gasteiger partial charge in [0.25, 0.3) is 0 Å². The summed E-state index contributed by atoms with van der Waals surface area (Å²) < 4.78 is 28.1. The molecule has 5 rings (SSSR count). The summed E-state index contributed by atoms with van der Waals surface area (Å²) in [5.41, 5.74) is 3.93. The lowest BCUT2D eigenvalue weighted by Gasteiger charge is -2.30. The minimum atomic E-state index is -0.253. The van der Waals surface area contributed by atoms with E-state index in [1.54, 1.807) is 21.3 Å². The van der Waals surface area contributed by atoms with E-state index in [0.717, 1.165) is 46.9 Å². The molecule has 2 aliphatic rings. The zero-order chi connectivity index (χ0) is 22.4. The predicted molar refractivity (Wildman–Crippen MR) is 120 cm³/mol. The summed E-state index contributed by atoms with van der Waals surface area (Å²) in [5.74, 6) is 2.32. The van der Waals surface area contributed by atoms with Gasteiger partial charge in [-0.2, -0.15) is 0 Å². The lowest BCUT2D eigenvalue weighted by molar-refractivity contribution is 0.0889. The highest BCUT2D eigenvalue weighted by molar-refractivity contribution is 6.33. The number of ether oxygens (including phenoxy) is 4. The first-order chi connectivity index (χ1) is 15.5. The molecule has 0 bridgehead atoms. The molecule has 0 radical (unpaired) electrons. The molecule has 8 heteroatoms. The van der Waals surface area contributed by atoms with Crippen molar-refractivity contribution >= 4 is 22.6 Å². The van der Waals surface area contributed by atoms with Crippen LogP contribution in [0.4, 0.5) is 0 Å². The number of benzene rings is 2. The van der Waals surface area contributed by atoms with Gasteiger partial charge in [0.1, 0.15) is 18.1 Å². The Morgan fingerprint density at radius 1 is 1.00 bits per heavy atom. The van der Waals surface area contributed by atoms with Crippen molar-refractivity contribution < 1.29 is 23.4 Å². The number of nitrogens with zero attached hydrogens (tertiary/aromatic N) is 1. The second-order valence-corrected chi connectivity index (χ2v) is 8.44. The highest BCUT2D eigenvalue weighted by atomic mass is 35.5. The van der Waals surface area contributed by atoms with E-state index in [2.05, 4.69) is 4.90 Å². The van der Waals surface area contributed by atoms with Crippen LogP contribution in [0.25, 0.3) is 11.0 Å². The lowest BCUT2D eigenvalue weighted by Crippen LogP contribution is -2.32. The summed E-state index contributed by atoms with van der Waals surface area (Å²) in [6.45, 7) is 1.45. The molecule has 0 atom stereocenters. The Balaban J connectivity index is 1.53. The molecular formula is C24H24ClNO6. The highest BCUT2D eigenvalue weighted by Gasteiger charge is 2.28. The zero-order valence-electron chi connectivity index (χ0n) is 18.2. The van der Waals surface area contributed by atoms with Crippen LogP contribution in [0, 0.1) is 0 Å². The topological polar surface area (TPSA) is 70.4 Å². The molecule has 0 amide bonds. The first-order valence-corrected chi connectivity index (χ1v) is 10.9. The van der Waals surface area contributed by atoms with Crippen molar-refractivity contribution in [2.45, 2.75) is 32.4 Å². The molecule has 0 N–H and O–H groups in total. The van der Waals surface area contributed by atoms with Gasteiger partial charge in [-0.15, -0.1) is 0 Å². The highest BCUT2D eigenvalue weighted by Crippen LogP contribution is 2.42. The molecule has 0 unspecified atom stereocenters. The average molecular weight is 458 g/mol. The van der Waals surface area contributed by atoms with Crippen LogP contribution >= 0.6 is 11.6 Å². The maximum Gasteiger partial charge on any atom is 0.339 e. The van der Waals surface area contributed by atoms with Gasteiger partial charge in [-0.3, -0.25) is 4.90 Å². The van der Waals surface area contributed by atoms with Crippen LogP contribution in [0.1, 0.15) is 28.7 Å². The van der Waals surface area contributed by atoms with Gasteiger partial charge in [0.2, 0.25) is 5.75 Å². The molecule has 0 fully saturated rings. The maximum atomic E-state index is 12.6. The molecule has 3 aromatic rings. The summed E-state index contributed by atoms with van der Waals surface area (Å²) in [5, 5.41) is 1.46. The van der Waals surface area contributed by atoms with Gasteiger partial charge in [-0.1, -0.05) is 11.6 Å². The van der Waals surface area contributed by atoms with Gasteiger partial charge in [0, 0.05) is 24.0 Å². The molecule has 1 aromatic heterocycles. The minimum absolute atomic E-state index is 0.253. The van der Waals surface area contributed by atoms with Crippen LogP contribution in [0.2, 0.25) is 5.02 Å². The van der Waals surface area contributed by atoms with Gasteiger partial charge in [0.15, 0.2) is 11.5 Å². The van der Waals surface area contributed by atoms with Crippen LogP contribution in [0.5, 0.6) is 23.0 Å². The number of methoxy groups -OCH3 is 3. The SMILES string of the molecule is COc1cc(CN2COc3c(Cl)cc4c5c(c(=O)oc4c3C2)CCC5)cc(OC)c1OC. The van der Waals surface area contributed by atoms with Crippen LogP contribution in [-0.4, -0.2) is 33.0 Å². The quantitative estimate of drug-likeness (QED) is 0.528. The lowest BCUT2D eigenvalue weighted by atomic mass is 10.0. The van der Waals surface area contributed by atoms with E-state index in [4.69, 9.17) is 35.0 Å². The van der Waals surface area contributed by atoms with Crippen molar-refractivity contribution in [3.63, 3.8) is 0 Å². The van der Waals surface area contributed by atoms with Gasteiger partial charge >= 0.3 is 5.63 Å². The molecule has 7 nitrogen and oxygen atoms in total. The molecule has 2 aromatic carbocycles. The standard InChI is InChI=1S/C24H24ClNO6/c1-28-19-7-13(8-20(29-2)23(19)30-3)10-26-11-17-21-16(9-18(25)22(17)31-12-26)14-5-4-6-15(14)24(27)32-21/h7-9H,4-6,10-12H2,1-3H3. The largest absolute Gasteiger partial charge is 0.493 e. The Bertz CT molecular complexity index is 1240. The van der Waals surface area contributed by atoms with Gasteiger partial charge in [-0.05, 0) is 48.6 Å². The van der Waals surface area contributed by atoms with Crippen molar-refractivity contribution in [1.82, 2.24) is 4.90 Å². The zero-order valence-corrected chi connectivity index (χ0v) is 19.0. The number of rotatable bonds is 5. The van der Waals surface area contributed by atoms with E-state index in [0.29, 0.717) is 53.4 Å². The Morgan fingerprint density at radius 3 is 2.41 bits per heavy atom. The molecule has 2 heterocycles. The van der Waals surface area contributed by atoms with Crippen LogP contribution in [0.15, 0.2) is 27.4 Å². The normalized spacial score (nSPS) is 15.2. The van der Waals surface area contributed by atoms with Crippen molar-refractivity contribution in [3.05, 3.63) is 55.9 Å². The van der Waals surface area contributed by atoms with E-state index in [-0.39, 0.29) is 5.63 Å². The molecular weight excluding hydrogens is 434 g/mol. The molecule has 0 spiro atoms. The van der Waals surface area contributed by atoms with Gasteiger partial charge < -0.3 is 23.4 Å². The Morgan fingerprint density at radius 2 is 1.72 bits per heavy atom. The Hall–Kier alpha value is -2.90. The monoisotopic (exact) mass is 457 g/mol. The summed E-state index contributed by atoms with van der Waals surface area (Å²) >= 11 is 6.57. The van der Waals surface area contributed by atoms with Gasteiger partial charge in [0.05, 0.1) is 31.9 Å². The van der Waals surface area contributed by atoms with Crippen molar-refractivity contribution in [3.8, 4) is 23.0 Å². The predicted octanol–water partition coefficient (Wildman–Crippen LogP) is 4.31. The van der Waals surface area contributed by atoms with E-state index in [1.165, 1.54) is 0 Å². The summed E-state index contributed by atoms with van der Waals surface area (Å²) in [7, 11) is 4.76. The van der Waals surface area contributed by atoms with Crippen LogP contribution < -0.4 is 24.6 Å². The third-order valence-electron chi connectivity index (χ3n) is 6.17. The fourth-order valence-corrected chi connectivity index (χ4v) is 5.02. The first-order valence-electron chi connectivity index (χ1n) is 10.5. The second kappa shape index (κ2) is 8.22.